The van der Waals surface area contributed by atoms with Crippen LogP contribution in [-0.4, -0.2) is 25.9 Å². The van der Waals surface area contributed by atoms with E-state index in [0.29, 0.717) is 11.5 Å². The van der Waals surface area contributed by atoms with Crippen molar-refractivity contribution in [1.29, 1.82) is 0 Å². The molecule has 3 atom stereocenters. The molecule has 1 fully saturated rings. The first kappa shape index (κ1) is 21.4. The number of carbonyl (C=O) groups excluding carboxylic acids is 2. The lowest BCUT2D eigenvalue weighted by Crippen LogP contribution is -2.31. The Bertz CT molecular complexity index is 966. The van der Waals surface area contributed by atoms with E-state index in [-0.39, 0.29) is 23.8 Å². The van der Waals surface area contributed by atoms with Crippen LogP contribution in [0.25, 0.3) is 0 Å². The minimum absolute atomic E-state index is 0.0163. The Morgan fingerprint density at radius 2 is 1.77 bits per heavy atom. The maximum Gasteiger partial charge on any atom is 0.227 e. The zero-order valence-corrected chi connectivity index (χ0v) is 18.6. The number of carbonyl (C=O) groups is 2. The highest BCUT2D eigenvalue weighted by atomic mass is 16.5. The van der Waals surface area contributed by atoms with Gasteiger partial charge >= 0.3 is 0 Å². The Labute approximate surface area is 184 Å². The number of nitrogens with one attached hydrogen (secondary N) is 1. The number of ether oxygens (including phenoxy) is 2. The van der Waals surface area contributed by atoms with Crippen LogP contribution in [0.1, 0.15) is 66.8 Å². The van der Waals surface area contributed by atoms with E-state index in [2.05, 4.69) is 17.4 Å². The molecule has 1 N–H and O–H groups in total. The van der Waals surface area contributed by atoms with E-state index in [9.17, 15) is 9.59 Å². The summed E-state index contributed by atoms with van der Waals surface area (Å²) >= 11 is 0. The van der Waals surface area contributed by atoms with Crippen LogP contribution in [0.4, 0.5) is 0 Å². The van der Waals surface area contributed by atoms with Gasteiger partial charge in [-0.05, 0) is 73.4 Å². The Morgan fingerprint density at radius 3 is 2.42 bits per heavy atom. The Hall–Kier alpha value is -2.82. The first-order valence-corrected chi connectivity index (χ1v) is 11.2. The largest absolute Gasteiger partial charge is 0.493 e. The van der Waals surface area contributed by atoms with Crippen molar-refractivity contribution in [3.63, 3.8) is 0 Å². The highest BCUT2D eigenvalue weighted by Gasteiger charge is 2.28. The van der Waals surface area contributed by atoms with Gasteiger partial charge in [-0.25, -0.2) is 0 Å². The smallest absolute Gasteiger partial charge is 0.227 e. The number of benzene rings is 2. The number of Topliss-reactive ketones (excluding diaryl/α,β-unsaturated/α-hetero) is 1. The summed E-state index contributed by atoms with van der Waals surface area (Å²) in [4.78, 5) is 24.9. The summed E-state index contributed by atoms with van der Waals surface area (Å²) in [6, 6.07) is 12.1. The van der Waals surface area contributed by atoms with E-state index in [1.807, 2.05) is 31.2 Å². The fourth-order valence-corrected chi connectivity index (χ4v) is 4.86. The molecule has 4 rings (SSSR count). The molecule has 2 aromatic rings. The summed E-state index contributed by atoms with van der Waals surface area (Å²) in [5.41, 5.74) is 4.46. The number of hydrogen-bond donors (Lipinski definition) is 1. The number of aryl methyl sites for hydroxylation is 1. The second-order valence-electron chi connectivity index (χ2n) is 8.73. The molecule has 5 nitrogen and oxygen atoms in total. The van der Waals surface area contributed by atoms with Gasteiger partial charge in [0.25, 0.3) is 0 Å². The van der Waals surface area contributed by atoms with E-state index in [4.69, 9.17) is 9.47 Å². The van der Waals surface area contributed by atoms with E-state index in [1.165, 1.54) is 11.1 Å². The Balaban J connectivity index is 1.41. The molecule has 2 aromatic carbocycles. The highest BCUT2D eigenvalue weighted by Crippen LogP contribution is 2.39. The third-order valence-electron chi connectivity index (χ3n) is 6.83. The first-order valence-electron chi connectivity index (χ1n) is 11.2. The van der Waals surface area contributed by atoms with Crippen molar-refractivity contribution < 1.29 is 19.1 Å². The van der Waals surface area contributed by atoms with Crippen molar-refractivity contribution >= 4 is 11.7 Å². The lowest BCUT2D eigenvalue weighted by molar-refractivity contribution is -0.123. The zero-order chi connectivity index (χ0) is 22.0. The molecule has 2 aliphatic carbocycles. The van der Waals surface area contributed by atoms with Gasteiger partial charge in [0.2, 0.25) is 5.91 Å². The van der Waals surface area contributed by atoms with Gasteiger partial charge in [0, 0.05) is 12.3 Å². The Morgan fingerprint density at radius 1 is 1.06 bits per heavy atom. The van der Waals surface area contributed by atoms with Crippen molar-refractivity contribution in [2.75, 3.05) is 14.2 Å². The molecule has 0 spiro atoms. The first-order chi connectivity index (χ1) is 15.0. The summed E-state index contributed by atoms with van der Waals surface area (Å²) in [5, 5.41) is 3.22. The van der Waals surface area contributed by atoms with Gasteiger partial charge in [0.1, 0.15) is 5.78 Å². The average molecular weight is 422 g/mol. The molecule has 0 heterocycles. The fourth-order valence-electron chi connectivity index (χ4n) is 4.86. The molecule has 0 aliphatic heterocycles. The van der Waals surface area contributed by atoms with Crippen LogP contribution in [0.5, 0.6) is 11.5 Å². The normalized spacial score (nSPS) is 20.9. The minimum atomic E-state index is -0.244. The van der Waals surface area contributed by atoms with Crippen LogP contribution in [0.3, 0.4) is 0 Å². The molecule has 2 aliphatic rings. The monoisotopic (exact) mass is 421 g/mol. The van der Waals surface area contributed by atoms with Crippen LogP contribution in [0.15, 0.2) is 36.4 Å². The van der Waals surface area contributed by atoms with Crippen LogP contribution in [0.2, 0.25) is 0 Å². The third-order valence-corrected chi connectivity index (χ3v) is 6.83. The third kappa shape index (κ3) is 4.46. The molecular weight excluding hydrogens is 390 g/mol. The topological polar surface area (TPSA) is 64.6 Å². The van der Waals surface area contributed by atoms with Crippen LogP contribution in [0, 0.1) is 5.92 Å². The second kappa shape index (κ2) is 9.13. The van der Waals surface area contributed by atoms with Gasteiger partial charge < -0.3 is 14.8 Å². The van der Waals surface area contributed by atoms with Crippen molar-refractivity contribution in [3.05, 3.63) is 58.7 Å². The summed E-state index contributed by atoms with van der Waals surface area (Å²) in [6.07, 6.45) is 5.33. The van der Waals surface area contributed by atoms with Crippen LogP contribution in [-0.2, 0) is 22.4 Å². The summed E-state index contributed by atoms with van der Waals surface area (Å²) in [5.74, 6) is 1.75. The van der Waals surface area contributed by atoms with E-state index in [0.717, 1.165) is 55.4 Å². The molecule has 1 unspecified atom stereocenters. The van der Waals surface area contributed by atoms with Gasteiger partial charge in [-0.3, -0.25) is 9.59 Å². The lowest BCUT2D eigenvalue weighted by atomic mass is 9.93. The maximum atomic E-state index is 13.0. The summed E-state index contributed by atoms with van der Waals surface area (Å²) in [6.45, 7) is 1.94. The Kier molecular flexibility index (Phi) is 6.30. The van der Waals surface area contributed by atoms with Crippen molar-refractivity contribution in [2.24, 2.45) is 5.92 Å². The molecule has 0 bridgehead atoms. The molecule has 0 radical (unpaired) electrons. The summed E-state index contributed by atoms with van der Waals surface area (Å²) in [7, 11) is 3.26. The molecular formula is C26H31NO4. The predicted molar refractivity (Wildman–Crippen MR) is 120 cm³/mol. The fraction of sp³-hybridized carbons (Fsp3) is 0.462. The van der Waals surface area contributed by atoms with E-state index >= 15 is 0 Å². The molecule has 0 aromatic heterocycles. The number of hydrogen-bond acceptors (Lipinski definition) is 4. The van der Waals surface area contributed by atoms with Gasteiger partial charge in [-0.1, -0.05) is 24.3 Å². The minimum Gasteiger partial charge on any atom is -0.493 e. The van der Waals surface area contributed by atoms with Gasteiger partial charge in [0.05, 0.1) is 26.2 Å². The van der Waals surface area contributed by atoms with Crippen molar-refractivity contribution in [2.45, 2.75) is 57.4 Å². The van der Waals surface area contributed by atoms with E-state index < -0.39 is 0 Å². The lowest BCUT2D eigenvalue weighted by Gasteiger charge is -2.19. The SMILES string of the molecule is COc1cc2c(cc1OC)C(NC(=O)[C@H](C)c1ccc(C[C@@H]3CCCC3=O)cc1)CC2. The molecule has 1 saturated carbocycles. The van der Waals surface area contributed by atoms with Crippen molar-refractivity contribution in [1.82, 2.24) is 5.32 Å². The number of rotatable bonds is 7. The van der Waals surface area contributed by atoms with Gasteiger partial charge in [0.15, 0.2) is 11.5 Å². The van der Waals surface area contributed by atoms with Crippen LogP contribution < -0.4 is 14.8 Å². The second-order valence-corrected chi connectivity index (χ2v) is 8.73. The number of ketones is 1. The maximum absolute atomic E-state index is 13.0. The standard InChI is InChI=1S/C26H31NO4/c1-16(18-9-7-17(8-10-18)13-20-5-4-6-23(20)28)26(29)27-22-12-11-19-14-24(30-2)25(31-3)15-21(19)22/h7-10,14-16,20,22H,4-6,11-13H2,1-3H3,(H,27,29)/t16-,20+,22?/m1/s1. The molecule has 0 saturated heterocycles. The zero-order valence-electron chi connectivity index (χ0n) is 18.6. The highest BCUT2D eigenvalue weighted by molar-refractivity contribution is 5.84. The number of methoxy groups -OCH3 is 2. The van der Waals surface area contributed by atoms with Crippen LogP contribution >= 0.6 is 0 Å². The van der Waals surface area contributed by atoms with Gasteiger partial charge in [-0.15, -0.1) is 0 Å². The molecule has 1 amide bonds. The number of amides is 1. The quantitative estimate of drug-likeness (QED) is 0.714. The average Bonchev–Trinajstić information content (AvgIpc) is 3.38. The molecule has 31 heavy (non-hydrogen) atoms. The van der Waals surface area contributed by atoms with E-state index in [1.54, 1.807) is 14.2 Å². The molecule has 5 heteroatoms. The van der Waals surface area contributed by atoms with Crippen molar-refractivity contribution in [3.8, 4) is 11.5 Å². The molecule has 164 valence electrons. The van der Waals surface area contributed by atoms with Gasteiger partial charge in [-0.2, -0.15) is 0 Å². The predicted octanol–water partition coefficient (Wildman–Crippen LogP) is 4.52. The summed E-state index contributed by atoms with van der Waals surface area (Å²) < 4.78 is 10.8. The number of fused-ring (bicyclic) bond motifs is 1.